The quantitative estimate of drug-likeness (QED) is 0.804. The van der Waals surface area contributed by atoms with Gasteiger partial charge in [0.1, 0.15) is 5.75 Å². The van der Waals surface area contributed by atoms with Crippen molar-refractivity contribution in [1.29, 1.82) is 5.26 Å². The van der Waals surface area contributed by atoms with Crippen LogP contribution < -0.4 is 10.1 Å². The highest BCUT2D eigenvalue weighted by Gasteiger charge is 2.31. The van der Waals surface area contributed by atoms with Crippen molar-refractivity contribution in [1.82, 2.24) is 0 Å². The molecule has 0 aromatic heterocycles. The van der Waals surface area contributed by atoms with Crippen molar-refractivity contribution >= 4 is 5.69 Å². The van der Waals surface area contributed by atoms with Crippen molar-refractivity contribution in [3.05, 3.63) is 60.2 Å². The van der Waals surface area contributed by atoms with E-state index >= 15 is 0 Å². The molecule has 0 saturated heterocycles. The number of anilines is 1. The Morgan fingerprint density at radius 3 is 2.32 bits per heavy atom. The largest absolute Gasteiger partial charge is 0.497 e. The van der Waals surface area contributed by atoms with Gasteiger partial charge in [0.05, 0.1) is 13.2 Å². The Kier molecular flexibility index (Phi) is 5.43. The lowest BCUT2D eigenvalue weighted by Crippen LogP contribution is -2.33. The molecule has 1 N–H and O–H groups in total. The summed E-state index contributed by atoms with van der Waals surface area (Å²) >= 11 is 0. The van der Waals surface area contributed by atoms with E-state index in [1.807, 2.05) is 54.6 Å². The third-order valence-corrected chi connectivity index (χ3v) is 3.81. The van der Waals surface area contributed by atoms with Crippen molar-refractivity contribution < 1.29 is 4.74 Å². The summed E-state index contributed by atoms with van der Waals surface area (Å²) < 4.78 is 5.18. The van der Waals surface area contributed by atoms with E-state index in [2.05, 4.69) is 18.3 Å². The summed E-state index contributed by atoms with van der Waals surface area (Å²) in [4.78, 5) is 0. The van der Waals surface area contributed by atoms with Crippen LogP contribution in [-0.2, 0) is 5.54 Å². The summed E-state index contributed by atoms with van der Waals surface area (Å²) in [5.74, 6) is 0.807. The standard InChI is InChI=1S/C19H22N2O/c1-3-4-14-19(15-20,16-8-6-5-7-9-16)21-17-10-12-18(22-2)13-11-17/h5-13,21H,3-4,14H2,1-2H3. The van der Waals surface area contributed by atoms with Gasteiger partial charge in [-0.3, -0.25) is 0 Å². The second-order valence-corrected chi connectivity index (χ2v) is 5.34. The minimum Gasteiger partial charge on any atom is -0.497 e. The van der Waals surface area contributed by atoms with Crippen LogP contribution in [0.5, 0.6) is 5.75 Å². The number of nitriles is 1. The highest BCUT2D eigenvalue weighted by Crippen LogP contribution is 2.31. The van der Waals surface area contributed by atoms with Gasteiger partial charge in [0, 0.05) is 5.69 Å². The zero-order valence-corrected chi connectivity index (χ0v) is 13.2. The lowest BCUT2D eigenvalue weighted by Gasteiger charge is -2.29. The third-order valence-electron chi connectivity index (χ3n) is 3.81. The van der Waals surface area contributed by atoms with Crippen molar-refractivity contribution in [2.75, 3.05) is 12.4 Å². The molecule has 0 radical (unpaired) electrons. The lowest BCUT2D eigenvalue weighted by atomic mass is 9.86. The fraction of sp³-hybridized carbons (Fsp3) is 0.316. The fourth-order valence-electron chi connectivity index (χ4n) is 2.51. The molecule has 0 saturated carbocycles. The second-order valence-electron chi connectivity index (χ2n) is 5.34. The first-order valence-corrected chi connectivity index (χ1v) is 7.63. The number of ether oxygens (including phenoxy) is 1. The molecule has 1 unspecified atom stereocenters. The molecule has 0 heterocycles. The van der Waals surface area contributed by atoms with Crippen LogP contribution in [0.15, 0.2) is 54.6 Å². The number of nitrogens with one attached hydrogen (secondary N) is 1. The first kappa shape index (κ1) is 15.9. The van der Waals surface area contributed by atoms with Crippen LogP contribution in [0.2, 0.25) is 0 Å². The Bertz CT molecular complexity index is 616. The predicted molar refractivity (Wildman–Crippen MR) is 89.9 cm³/mol. The van der Waals surface area contributed by atoms with Gasteiger partial charge in [0.15, 0.2) is 5.54 Å². The van der Waals surface area contributed by atoms with Crippen LogP contribution >= 0.6 is 0 Å². The van der Waals surface area contributed by atoms with Crippen molar-refractivity contribution in [3.8, 4) is 11.8 Å². The summed E-state index contributed by atoms with van der Waals surface area (Å²) in [5, 5.41) is 13.3. The molecule has 0 aliphatic rings. The van der Waals surface area contributed by atoms with Crippen LogP contribution in [0.4, 0.5) is 5.69 Å². The SMILES string of the molecule is CCCCC(C#N)(Nc1ccc(OC)cc1)c1ccccc1. The van der Waals surface area contributed by atoms with Crippen LogP contribution in [0.1, 0.15) is 31.7 Å². The van der Waals surface area contributed by atoms with Crippen molar-refractivity contribution in [2.45, 2.75) is 31.7 Å². The molecule has 3 nitrogen and oxygen atoms in total. The highest BCUT2D eigenvalue weighted by atomic mass is 16.5. The van der Waals surface area contributed by atoms with Gasteiger partial charge in [-0.1, -0.05) is 43.7 Å². The monoisotopic (exact) mass is 294 g/mol. The lowest BCUT2D eigenvalue weighted by molar-refractivity contribution is 0.415. The van der Waals surface area contributed by atoms with Gasteiger partial charge >= 0.3 is 0 Å². The molecule has 3 heteroatoms. The van der Waals surface area contributed by atoms with E-state index in [9.17, 15) is 5.26 Å². The van der Waals surface area contributed by atoms with Crippen LogP contribution in [0.25, 0.3) is 0 Å². The number of rotatable bonds is 7. The Hall–Kier alpha value is -2.47. The number of hydrogen-bond acceptors (Lipinski definition) is 3. The molecule has 0 amide bonds. The van der Waals surface area contributed by atoms with E-state index in [1.165, 1.54) is 0 Å². The van der Waals surface area contributed by atoms with Crippen LogP contribution in [0, 0.1) is 11.3 Å². The minimum atomic E-state index is -0.703. The molecule has 2 aromatic rings. The number of unbranched alkanes of at least 4 members (excludes halogenated alkanes) is 1. The maximum absolute atomic E-state index is 9.88. The predicted octanol–water partition coefficient (Wildman–Crippen LogP) is 4.72. The van der Waals surface area contributed by atoms with Gasteiger partial charge in [-0.05, 0) is 42.7 Å². The van der Waals surface area contributed by atoms with Crippen molar-refractivity contribution in [3.63, 3.8) is 0 Å². The van der Waals surface area contributed by atoms with Crippen molar-refractivity contribution in [2.24, 2.45) is 0 Å². The zero-order valence-electron chi connectivity index (χ0n) is 13.2. The van der Waals surface area contributed by atoms with Gasteiger partial charge in [-0.15, -0.1) is 0 Å². The van der Waals surface area contributed by atoms with Gasteiger partial charge in [-0.2, -0.15) is 5.26 Å². The molecule has 0 aliphatic carbocycles. The van der Waals surface area contributed by atoms with E-state index in [1.54, 1.807) is 7.11 Å². The van der Waals surface area contributed by atoms with E-state index < -0.39 is 5.54 Å². The van der Waals surface area contributed by atoms with Crippen LogP contribution in [-0.4, -0.2) is 7.11 Å². The Balaban J connectivity index is 2.33. The molecule has 0 bridgehead atoms. The molecule has 114 valence electrons. The molecular formula is C19H22N2O. The summed E-state index contributed by atoms with van der Waals surface area (Å²) in [6, 6.07) is 20.1. The van der Waals surface area contributed by atoms with Crippen LogP contribution in [0.3, 0.4) is 0 Å². The Morgan fingerprint density at radius 1 is 1.09 bits per heavy atom. The highest BCUT2D eigenvalue weighted by molar-refractivity contribution is 5.52. The molecule has 1 atom stereocenters. The normalized spacial score (nSPS) is 13.0. The average molecular weight is 294 g/mol. The van der Waals surface area contributed by atoms with E-state index in [-0.39, 0.29) is 0 Å². The zero-order chi connectivity index (χ0) is 15.8. The summed E-state index contributed by atoms with van der Waals surface area (Å²) in [5.41, 5.74) is 1.22. The maximum Gasteiger partial charge on any atom is 0.151 e. The summed E-state index contributed by atoms with van der Waals surface area (Å²) in [6.07, 6.45) is 2.82. The number of nitrogens with zero attached hydrogens (tertiary/aromatic N) is 1. The first-order chi connectivity index (χ1) is 10.7. The first-order valence-electron chi connectivity index (χ1n) is 7.63. The minimum absolute atomic E-state index is 0.703. The topological polar surface area (TPSA) is 45.0 Å². The van der Waals surface area contributed by atoms with E-state index in [4.69, 9.17) is 4.74 Å². The molecule has 2 rings (SSSR count). The fourth-order valence-corrected chi connectivity index (χ4v) is 2.51. The van der Waals surface area contributed by atoms with Gasteiger partial charge in [0.25, 0.3) is 0 Å². The molecule has 2 aromatic carbocycles. The summed E-state index contributed by atoms with van der Waals surface area (Å²) in [6.45, 7) is 2.14. The maximum atomic E-state index is 9.88. The molecule has 0 fully saturated rings. The smallest absolute Gasteiger partial charge is 0.151 e. The molecule has 0 aliphatic heterocycles. The molecule has 0 spiro atoms. The van der Waals surface area contributed by atoms with E-state index in [0.717, 1.165) is 36.3 Å². The van der Waals surface area contributed by atoms with Gasteiger partial charge in [-0.25, -0.2) is 0 Å². The Morgan fingerprint density at radius 2 is 1.77 bits per heavy atom. The third kappa shape index (κ3) is 3.59. The van der Waals surface area contributed by atoms with Gasteiger partial charge < -0.3 is 10.1 Å². The summed E-state index contributed by atoms with van der Waals surface area (Å²) in [7, 11) is 1.65. The Labute approximate surface area is 132 Å². The average Bonchev–Trinajstić information content (AvgIpc) is 2.60. The number of benzene rings is 2. The number of methoxy groups -OCH3 is 1. The van der Waals surface area contributed by atoms with Gasteiger partial charge in [0.2, 0.25) is 0 Å². The number of hydrogen-bond donors (Lipinski definition) is 1. The molecular weight excluding hydrogens is 272 g/mol. The second kappa shape index (κ2) is 7.51. The molecule has 22 heavy (non-hydrogen) atoms. The van der Waals surface area contributed by atoms with E-state index in [0.29, 0.717) is 0 Å².